The van der Waals surface area contributed by atoms with Crippen molar-refractivity contribution >= 4 is 11.6 Å². The van der Waals surface area contributed by atoms with Crippen molar-refractivity contribution in [2.24, 2.45) is 5.92 Å². The zero-order chi connectivity index (χ0) is 14.1. The van der Waals surface area contributed by atoms with Crippen molar-refractivity contribution in [1.82, 2.24) is 14.7 Å². The molecule has 0 aromatic carbocycles. The summed E-state index contributed by atoms with van der Waals surface area (Å²) >= 11 is 0. The first kappa shape index (κ1) is 12.7. The highest BCUT2D eigenvalue weighted by Gasteiger charge is 2.16. The van der Waals surface area contributed by atoms with Gasteiger partial charge >= 0.3 is 0 Å². The van der Waals surface area contributed by atoms with Crippen molar-refractivity contribution in [2.75, 3.05) is 0 Å². The van der Waals surface area contributed by atoms with Crippen LogP contribution < -0.4 is 5.32 Å². The highest BCUT2D eigenvalue weighted by molar-refractivity contribution is 5.94. The molecule has 1 aliphatic rings. The molecule has 0 saturated carbocycles. The van der Waals surface area contributed by atoms with E-state index in [0.29, 0.717) is 11.6 Å². The van der Waals surface area contributed by atoms with Gasteiger partial charge in [0, 0.05) is 11.9 Å². The van der Waals surface area contributed by atoms with Crippen LogP contribution in [0.15, 0.2) is 54.0 Å². The van der Waals surface area contributed by atoms with Gasteiger partial charge in [-0.05, 0) is 37.0 Å². The molecule has 4 heteroatoms. The lowest BCUT2D eigenvalue weighted by Gasteiger charge is -2.17. The fourth-order valence-corrected chi connectivity index (χ4v) is 2.49. The summed E-state index contributed by atoms with van der Waals surface area (Å²) in [5.41, 5.74) is 3.34. The summed E-state index contributed by atoms with van der Waals surface area (Å²) in [4.78, 5) is 16.6. The topological polar surface area (TPSA) is 46.4 Å². The summed E-state index contributed by atoms with van der Waals surface area (Å²) in [5, 5.41) is 2.98. The second kappa shape index (κ2) is 4.96. The van der Waals surface area contributed by atoms with Crippen LogP contribution >= 0.6 is 0 Å². The van der Waals surface area contributed by atoms with Gasteiger partial charge in [-0.25, -0.2) is 4.98 Å². The van der Waals surface area contributed by atoms with E-state index < -0.39 is 0 Å². The Morgan fingerprint density at radius 1 is 1.45 bits per heavy atom. The van der Waals surface area contributed by atoms with Crippen LogP contribution in [0.3, 0.4) is 0 Å². The molecule has 0 aliphatic heterocycles. The zero-order valence-electron chi connectivity index (χ0n) is 11.6. The Morgan fingerprint density at radius 3 is 3.10 bits per heavy atom. The van der Waals surface area contributed by atoms with Crippen LogP contribution in [0.4, 0.5) is 0 Å². The third kappa shape index (κ3) is 2.25. The summed E-state index contributed by atoms with van der Waals surface area (Å²) in [6.07, 6.45) is 8.68. The fraction of sp³-hybridized carbons (Fsp3) is 0.250. The Balaban J connectivity index is 1.86. The van der Waals surface area contributed by atoms with Gasteiger partial charge in [0.2, 0.25) is 0 Å². The molecule has 20 heavy (non-hydrogen) atoms. The summed E-state index contributed by atoms with van der Waals surface area (Å²) in [6, 6.07) is 5.67. The van der Waals surface area contributed by atoms with Crippen molar-refractivity contribution in [3.63, 3.8) is 0 Å². The number of rotatable bonds is 2. The third-order valence-corrected chi connectivity index (χ3v) is 3.55. The Morgan fingerprint density at radius 2 is 2.30 bits per heavy atom. The first-order valence-electron chi connectivity index (χ1n) is 6.77. The van der Waals surface area contributed by atoms with E-state index in [0.717, 1.165) is 23.3 Å². The lowest BCUT2D eigenvalue weighted by Crippen LogP contribution is -2.26. The molecule has 0 radical (unpaired) electrons. The van der Waals surface area contributed by atoms with E-state index in [2.05, 4.69) is 29.4 Å². The average Bonchev–Trinajstić information content (AvgIpc) is 2.86. The number of carbonyl (C=O) groups excluding carboxylic acids is 1. The molecule has 2 heterocycles. The SMILES string of the molecule is CC1=CC(C)CC=C1NC(=O)c1cnc2ccccn12. The Labute approximate surface area is 117 Å². The number of hydrogen-bond donors (Lipinski definition) is 1. The molecule has 3 rings (SSSR count). The number of aromatic nitrogens is 2. The monoisotopic (exact) mass is 267 g/mol. The number of nitrogens with zero attached hydrogens (tertiary/aromatic N) is 2. The average molecular weight is 267 g/mol. The second-order valence-electron chi connectivity index (χ2n) is 5.21. The van der Waals surface area contributed by atoms with E-state index in [1.165, 1.54) is 0 Å². The zero-order valence-corrected chi connectivity index (χ0v) is 11.6. The standard InChI is InChI=1S/C16H17N3O/c1-11-6-7-13(12(2)9-11)18-16(20)14-10-17-15-5-3-4-8-19(14)15/h3-5,7-11H,6H2,1-2H3,(H,18,20). The van der Waals surface area contributed by atoms with Crippen LogP contribution in [-0.2, 0) is 0 Å². The number of imidazole rings is 1. The fourth-order valence-electron chi connectivity index (χ4n) is 2.49. The number of nitrogens with one attached hydrogen (secondary N) is 1. The minimum atomic E-state index is -0.128. The molecule has 1 aliphatic carbocycles. The Hall–Kier alpha value is -2.36. The highest BCUT2D eigenvalue weighted by Crippen LogP contribution is 2.20. The predicted molar refractivity (Wildman–Crippen MR) is 78.3 cm³/mol. The molecule has 1 N–H and O–H groups in total. The quantitative estimate of drug-likeness (QED) is 0.909. The molecule has 0 spiro atoms. The minimum Gasteiger partial charge on any atom is -0.321 e. The molecule has 1 amide bonds. The van der Waals surface area contributed by atoms with E-state index in [1.807, 2.05) is 31.3 Å². The molecule has 0 fully saturated rings. The molecule has 2 aromatic heterocycles. The van der Waals surface area contributed by atoms with E-state index in [1.54, 1.807) is 10.6 Å². The Bertz CT molecular complexity index is 724. The Kier molecular flexibility index (Phi) is 3.14. The van der Waals surface area contributed by atoms with Crippen molar-refractivity contribution in [3.8, 4) is 0 Å². The second-order valence-corrected chi connectivity index (χ2v) is 5.21. The number of hydrogen-bond acceptors (Lipinski definition) is 2. The van der Waals surface area contributed by atoms with Crippen molar-refractivity contribution in [2.45, 2.75) is 20.3 Å². The molecular weight excluding hydrogens is 250 g/mol. The van der Waals surface area contributed by atoms with Gasteiger partial charge < -0.3 is 5.32 Å². The van der Waals surface area contributed by atoms with Crippen LogP contribution in [0.25, 0.3) is 5.65 Å². The maximum Gasteiger partial charge on any atom is 0.274 e. The molecule has 0 bridgehead atoms. The van der Waals surface area contributed by atoms with Crippen LogP contribution in [0.2, 0.25) is 0 Å². The number of carbonyl (C=O) groups is 1. The van der Waals surface area contributed by atoms with Gasteiger partial charge in [0.05, 0.1) is 6.20 Å². The van der Waals surface area contributed by atoms with Gasteiger partial charge in [0.15, 0.2) is 0 Å². The predicted octanol–water partition coefficient (Wildman–Crippen LogP) is 2.93. The van der Waals surface area contributed by atoms with Crippen LogP contribution in [0.1, 0.15) is 30.8 Å². The number of fused-ring (bicyclic) bond motifs is 1. The van der Waals surface area contributed by atoms with Crippen molar-refractivity contribution in [1.29, 1.82) is 0 Å². The maximum absolute atomic E-state index is 12.4. The number of pyridine rings is 1. The molecule has 1 atom stereocenters. The van der Waals surface area contributed by atoms with Gasteiger partial charge in [-0.3, -0.25) is 9.20 Å². The van der Waals surface area contributed by atoms with Crippen LogP contribution in [0.5, 0.6) is 0 Å². The van der Waals surface area contributed by atoms with E-state index in [9.17, 15) is 4.79 Å². The third-order valence-electron chi connectivity index (χ3n) is 3.55. The lowest BCUT2D eigenvalue weighted by molar-refractivity contribution is 0.0960. The molecule has 2 aromatic rings. The van der Waals surface area contributed by atoms with Gasteiger partial charge in [-0.2, -0.15) is 0 Å². The largest absolute Gasteiger partial charge is 0.321 e. The summed E-state index contributed by atoms with van der Waals surface area (Å²) in [5.74, 6) is 0.406. The molecular formula is C16H17N3O. The lowest BCUT2D eigenvalue weighted by atomic mass is 9.96. The van der Waals surface area contributed by atoms with Gasteiger partial charge in [-0.15, -0.1) is 0 Å². The highest BCUT2D eigenvalue weighted by atomic mass is 16.2. The minimum absolute atomic E-state index is 0.128. The first-order chi connectivity index (χ1) is 9.65. The summed E-state index contributed by atoms with van der Waals surface area (Å²) in [6.45, 7) is 4.19. The van der Waals surface area contributed by atoms with Crippen molar-refractivity contribution in [3.05, 3.63) is 59.7 Å². The smallest absolute Gasteiger partial charge is 0.274 e. The van der Waals surface area contributed by atoms with E-state index in [-0.39, 0.29) is 5.91 Å². The van der Waals surface area contributed by atoms with Crippen molar-refractivity contribution < 1.29 is 4.79 Å². The first-order valence-corrected chi connectivity index (χ1v) is 6.77. The van der Waals surface area contributed by atoms with Gasteiger partial charge in [-0.1, -0.05) is 25.1 Å². The van der Waals surface area contributed by atoms with Crippen LogP contribution in [0, 0.1) is 5.92 Å². The molecule has 1 unspecified atom stereocenters. The summed E-state index contributed by atoms with van der Waals surface area (Å²) < 4.78 is 1.79. The van der Waals surface area contributed by atoms with E-state index >= 15 is 0 Å². The number of allylic oxidation sites excluding steroid dienone is 3. The maximum atomic E-state index is 12.4. The molecule has 4 nitrogen and oxygen atoms in total. The van der Waals surface area contributed by atoms with Crippen LogP contribution in [-0.4, -0.2) is 15.3 Å². The molecule has 102 valence electrons. The summed E-state index contributed by atoms with van der Waals surface area (Å²) in [7, 11) is 0. The number of amides is 1. The normalized spacial score (nSPS) is 18.6. The van der Waals surface area contributed by atoms with E-state index in [4.69, 9.17) is 0 Å². The van der Waals surface area contributed by atoms with Gasteiger partial charge in [0.25, 0.3) is 5.91 Å². The molecule has 0 saturated heterocycles. The van der Waals surface area contributed by atoms with Gasteiger partial charge in [0.1, 0.15) is 11.3 Å².